The molecule has 102 valence electrons. The highest BCUT2D eigenvalue weighted by molar-refractivity contribution is 4.70. The first-order valence-electron chi connectivity index (χ1n) is 6.40. The van der Waals surface area contributed by atoms with Crippen molar-refractivity contribution in [2.75, 3.05) is 6.54 Å². The van der Waals surface area contributed by atoms with Gasteiger partial charge >= 0.3 is 6.18 Å². The average Bonchev–Trinajstić information content (AvgIpc) is 2.24. The maximum atomic E-state index is 12.1. The predicted molar refractivity (Wildman–Crippen MR) is 66.0 cm³/mol. The normalized spacial score (nSPS) is 13.6. The Morgan fingerprint density at radius 2 is 1.88 bits per heavy atom. The molecule has 0 bridgehead atoms. The van der Waals surface area contributed by atoms with Crippen molar-refractivity contribution in [1.82, 2.24) is 5.32 Å². The summed E-state index contributed by atoms with van der Waals surface area (Å²) in [6.07, 6.45) is 2.33. The number of hydrogen-bond donors (Lipinski definition) is 1. The minimum absolute atomic E-state index is 0.00496. The van der Waals surface area contributed by atoms with Gasteiger partial charge in [-0.15, -0.1) is 6.58 Å². The largest absolute Gasteiger partial charge is 0.389 e. The summed E-state index contributed by atoms with van der Waals surface area (Å²) in [5, 5.41) is 3.13. The number of hydrogen-bond acceptors (Lipinski definition) is 1. The Labute approximate surface area is 102 Å². The second-order valence-electron chi connectivity index (χ2n) is 4.34. The Hall–Kier alpha value is -0.510. The number of alkyl halides is 3. The molecule has 17 heavy (non-hydrogen) atoms. The molecular formula is C13H24F3N. The SMILES string of the molecule is C=CCCCCCC(CCC(F)(F)F)NCC. The molecule has 0 amide bonds. The van der Waals surface area contributed by atoms with Crippen molar-refractivity contribution in [2.45, 2.75) is 64.1 Å². The fourth-order valence-electron chi connectivity index (χ4n) is 1.83. The molecule has 0 heterocycles. The highest BCUT2D eigenvalue weighted by atomic mass is 19.4. The van der Waals surface area contributed by atoms with Gasteiger partial charge in [-0.1, -0.05) is 25.8 Å². The van der Waals surface area contributed by atoms with E-state index in [2.05, 4.69) is 11.9 Å². The summed E-state index contributed by atoms with van der Waals surface area (Å²) in [5.74, 6) is 0. The maximum Gasteiger partial charge on any atom is 0.389 e. The van der Waals surface area contributed by atoms with Gasteiger partial charge in [-0.25, -0.2) is 0 Å². The van der Waals surface area contributed by atoms with Crippen molar-refractivity contribution < 1.29 is 13.2 Å². The molecule has 0 aliphatic carbocycles. The van der Waals surface area contributed by atoms with Crippen molar-refractivity contribution in [1.29, 1.82) is 0 Å². The molecule has 0 aliphatic heterocycles. The van der Waals surface area contributed by atoms with Crippen molar-refractivity contribution in [3.05, 3.63) is 12.7 Å². The molecule has 0 spiro atoms. The van der Waals surface area contributed by atoms with Gasteiger partial charge in [0, 0.05) is 12.5 Å². The van der Waals surface area contributed by atoms with E-state index in [1.165, 1.54) is 0 Å². The molecule has 1 nitrogen and oxygen atoms in total. The van der Waals surface area contributed by atoms with Crippen LogP contribution in [-0.4, -0.2) is 18.8 Å². The standard InChI is InChI=1S/C13H24F3N/c1-3-5-6-7-8-9-12(17-4-2)10-11-13(14,15)16/h3,12,17H,1,4-11H2,2H3. The highest BCUT2D eigenvalue weighted by Crippen LogP contribution is 2.23. The topological polar surface area (TPSA) is 12.0 Å². The van der Waals surface area contributed by atoms with Crippen molar-refractivity contribution in [3.63, 3.8) is 0 Å². The zero-order chi connectivity index (χ0) is 13.1. The van der Waals surface area contributed by atoms with Gasteiger partial charge in [-0.05, 0) is 32.2 Å². The quantitative estimate of drug-likeness (QED) is 0.447. The molecule has 4 heteroatoms. The van der Waals surface area contributed by atoms with Gasteiger partial charge in [0.1, 0.15) is 0 Å². The Bertz CT molecular complexity index is 190. The van der Waals surface area contributed by atoms with Crippen LogP contribution >= 0.6 is 0 Å². The monoisotopic (exact) mass is 251 g/mol. The molecule has 0 radical (unpaired) electrons. The first-order valence-corrected chi connectivity index (χ1v) is 6.40. The van der Waals surface area contributed by atoms with Crippen molar-refractivity contribution in [2.24, 2.45) is 0 Å². The molecule has 1 unspecified atom stereocenters. The van der Waals surface area contributed by atoms with Gasteiger partial charge in [-0.3, -0.25) is 0 Å². The van der Waals surface area contributed by atoms with Gasteiger partial charge < -0.3 is 5.32 Å². The Morgan fingerprint density at radius 1 is 1.18 bits per heavy atom. The summed E-state index contributed by atoms with van der Waals surface area (Å²) in [7, 11) is 0. The van der Waals surface area contributed by atoms with Crippen LogP contribution in [0.2, 0.25) is 0 Å². The molecule has 0 saturated heterocycles. The van der Waals surface area contributed by atoms with E-state index in [1.54, 1.807) is 0 Å². The van der Waals surface area contributed by atoms with E-state index in [1.807, 2.05) is 13.0 Å². The average molecular weight is 251 g/mol. The van der Waals surface area contributed by atoms with Crippen LogP contribution in [0.1, 0.15) is 51.9 Å². The van der Waals surface area contributed by atoms with E-state index >= 15 is 0 Å². The number of allylic oxidation sites excluding steroid dienone is 1. The first kappa shape index (κ1) is 16.5. The molecule has 1 atom stereocenters. The lowest BCUT2D eigenvalue weighted by molar-refractivity contribution is -0.136. The fourth-order valence-corrected chi connectivity index (χ4v) is 1.83. The number of rotatable bonds is 10. The molecule has 0 aromatic rings. The lowest BCUT2D eigenvalue weighted by Crippen LogP contribution is -2.30. The molecule has 1 N–H and O–H groups in total. The van der Waals surface area contributed by atoms with Crippen LogP contribution in [0, 0.1) is 0 Å². The van der Waals surface area contributed by atoms with E-state index in [4.69, 9.17) is 0 Å². The van der Waals surface area contributed by atoms with Crippen LogP contribution in [0.15, 0.2) is 12.7 Å². The summed E-state index contributed by atoms with van der Waals surface area (Å²) in [6.45, 7) is 6.30. The lowest BCUT2D eigenvalue weighted by Gasteiger charge is -2.18. The third kappa shape index (κ3) is 11.7. The van der Waals surface area contributed by atoms with Gasteiger partial charge in [0.2, 0.25) is 0 Å². The first-order chi connectivity index (χ1) is 7.99. The van der Waals surface area contributed by atoms with Crippen LogP contribution in [0.25, 0.3) is 0 Å². The highest BCUT2D eigenvalue weighted by Gasteiger charge is 2.27. The van der Waals surface area contributed by atoms with Gasteiger partial charge in [0.25, 0.3) is 0 Å². The lowest BCUT2D eigenvalue weighted by atomic mass is 10.0. The molecular weight excluding hydrogens is 227 g/mol. The third-order valence-corrected chi connectivity index (χ3v) is 2.73. The van der Waals surface area contributed by atoms with Crippen molar-refractivity contribution >= 4 is 0 Å². The molecule has 0 aliphatic rings. The predicted octanol–water partition coefficient (Wildman–Crippen LogP) is 4.44. The van der Waals surface area contributed by atoms with Crippen molar-refractivity contribution in [3.8, 4) is 0 Å². The molecule has 0 aromatic carbocycles. The van der Waals surface area contributed by atoms with Crippen LogP contribution < -0.4 is 5.32 Å². The second kappa shape index (κ2) is 9.51. The summed E-state index contributed by atoms with van der Waals surface area (Å²) in [6, 6.07) is 0.00496. The summed E-state index contributed by atoms with van der Waals surface area (Å²) in [5.41, 5.74) is 0. The van der Waals surface area contributed by atoms with E-state index in [0.29, 0.717) is 0 Å². The molecule has 0 aromatic heterocycles. The summed E-state index contributed by atoms with van der Waals surface area (Å²) >= 11 is 0. The van der Waals surface area contributed by atoms with E-state index < -0.39 is 12.6 Å². The molecule has 0 fully saturated rings. The van der Waals surface area contributed by atoms with Gasteiger partial charge in [0.05, 0.1) is 0 Å². The number of unbranched alkanes of at least 4 members (excludes halogenated alkanes) is 3. The molecule has 0 rings (SSSR count). The van der Waals surface area contributed by atoms with E-state index in [9.17, 15) is 13.2 Å². The van der Waals surface area contributed by atoms with E-state index in [0.717, 1.165) is 38.6 Å². The van der Waals surface area contributed by atoms with Crippen LogP contribution in [0.3, 0.4) is 0 Å². The smallest absolute Gasteiger partial charge is 0.314 e. The van der Waals surface area contributed by atoms with E-state index in [-0.39, 0.29) is 12.5 Å². The van der Waals surface area contributed by atoms with Gasteiger partial charge in [-0.2, -0.15) is 13.2 Å². The number of nitrogens with one attached hydrogen (secondary N) is 1. The third-order valence-electron chi connectivity index (χ3n) is 2.73. The fraction of sp³-hybridized carbons (Fsp3) is 0.846. The van der Waals surface area contributed by atoms with Crippen LogP contribution in [-0.2, 0) is 0 Å². The minimum atomic E-state index is -4.03. The Morgan fingerprint density at radius 3 is 2.41 bits per heavy atom. The maximum absolute atomic E-state index is 12.1. The Kier molecular flexibility index (Phi) is 9.23. The number of halogens is 3. The van der Waals surface area contributed by atoms with Crippen LogP contribution in [0.5, 0.6) is 0 Å². The zero-order valence-electron chi connectivity index (χ0n) is 10.7. The summed E-state index contributed by atoms with van der Waals surface area (Å²) < 4.78 is 36.3. The van der Waals surface area contributed by atoms with Gasteiger partial charge in [0.15, 0.2) is 0 Å². The summed E-state index contributed by atoms with van der Waals surface area (Å²) in [4.78, 5) is 0. The minimum Gasteiger partial charge on any atom is -0.314 e. The molecule has 0 saturated carbocycles. The second-order valence-corrected chi connectivity index (χ2v) is 4.34. The zero-order valence-corrected chi connectivity index (χ0v) is 10.7. The van der Waals surface area contributed by atoms with Crippen LogP contribution in [0.4, 0.5) is 13.2 Å². The Balaban J connectivity index is 3.70.